The number of fused-ring (bicyclic) bond motifs is 2. The Labute approximate surface area is 233 Å². The predicted octanol–water partition coefficient (Wildman–Crippen LogP) is 4.53. The maximum absolute atomic E-state index is 11.8. The third-order valence-electron chi connectivity index (χ3n) is 7.78. The summed E-state index contributed by atoms with van der Waals surface area (Å²) in [5, 5.41) is 8.67. The molecular weight excluding hydrogens is 508 g/mol. The van der Waals surface area contributed by atoms with Gasteiger partial charge >= 0.3 is 0 Å². The number of pyridine rings is 2. The van der Waals surface area contributed by atoms with E-state index >= 15 is 0 Å². The lowest BCUT2D eigenvalue weighted by Crippen LogP contribution is -2.55. The van der Waals surface area contributed by atoms with Crippen molar-refractivity contribution < 1.29 is 4.74 Å². The van der Waals surface area contributed by atoms with Crippen LogP contribution < -0.4 is 26.7 Å². The first-order chi connectivity index (χ1) is 18.9. The smallest absolute Gasteiger partial charge is 0.253 e. The van der Waals surface area contributed by atoms with E-state index in [1.54, 1.807) is 24.9 Å². The molecule has 4 N–H and O–H groups in total. The summed E-state index contributed by atoms with van der Waals surface area (Å²) in [6.07, 6.45) is 5.47. The topological polar surface area (TPSA) is 97.4 Å². The van der Waals surface area contributed by atoms with Gasteiger partial charge in [-0.05, 0) is 43.2 Å². The molecule has 2 aliphatic heterocycles. The minimum absolute atomic E-state index is 0.0152. The molecule has 1 aliphatic carbocycles. The zero-order valence-corrected chi connectivity index (χ0v) is 23.1. The second kappa shape index (κ2) is 10.9. The van der Waals surface area contributed by atoms with E-state index in [4.69, 9.17) is 22.7 Å². The van der Waals surface area contributed by atoms with Crippen LogP contribution in [0.1, 0.15) is 12.8 Å². The highest BCUT2D eigenvalue weighted by Gasteiger charge is 2.64. The monoisotopic (exact) mass is 542 g/mol. The summed E-state index contributed by atoms with van der Waals surface area (Å²) in [5.41, 5.74) is 10.00. The van der Waals surface area contributed by atoms with E-state index in [0.717, 1.165) is 48.1 Å². The number of aryl methyl sites for hydroxylation is 1. The van der Waals surface area contributed by atoms with E-state index < -0.39 is 0 Å². The van der Waals surface area contributed by atoms with E-state index in [0.29, 0.717) is 18.2 Å². The molecule has 202 valence electrons. The molecule has 2 saturated heterocycles. The number of aromatic nitrogens is 2. The van der Waals surface area contributed by atoms with Crippen molar-refractivity contribution in [2.45, 2.75) is 18.4 Å². The van der Waals surface area contributed by atoms with Crippen molar-refractivity contribution in [2.24, 2.45) is 12.5 Å². The molecule has 0 amide bonds. The number of nitrogens with one attached hydrogen (secondary N) is 2. The highest BCUT2D eigenvalue weighted by atomic mass is 32.1. The summed E-state index contributed by atoms with van der Waals surface area (Å²) >= 11 is 5.33. The van der Waals surface area contributed by atoms with Gasteiger partial charge in [-0.25, -0.2) is 4.98 Å². The summed E-state index contributed by atoms with van der Waals surface area (Å²) in [6, 6.07) is 21.5. The predicted molar refractivity (Wildman–Crippen MR) is 163 cm³/mol. The van der Waals surface area contributed by atoms with E-state index in [9.17, 15) is 4.79 Å². The average Bonchev–Trinajstić information content (AvgIpc) is 3.43. The van der Waals surface area contributed by atoms with Crippen LogP contribution in [0, 0.1) is 5.41 Å². The van der Waals surface area contributed by atoms with E-state index in [2.05, 4.69) is 26.6 Å². The van der Waals surface area contributed by atoms with Crippen LogP contribution in [0.4, 0.5) is 17.2 Å². The molecule has 9 heteroatoms. The molecule has 0 unspecified atom stereocenters. The Kier molecular flexibility index (Phi) is 7.43. The fourth-order valence-corrected chi connectivity index (χ4v) is 6.11. The first kappa shape index (κ1) is 26.5. The molecule has 1 saturated carbocycles. The first-order valence-corrected chi connectivity index (χ1v) is 13.5. The van der Waals surface area contributed by atoms with Crippen LogP contribution in [-0.4, -0.2) is 52.2 Å². The Bertz CT molecular complexity index is 1520. The molecule has 0 spiro atoms. The van der Waals surface area contributed by atoms with Crippen LogP contribution in [0.5, 0.6) is 5.75 Å². The maximum Gasteiger partial charge on any atom is 0.253 e. The SMILES string of the molecule is CNc1ccccc1.Cn1ccc(OCC23CN(C=S)C(CNc4cccc5c(N)nccc45)(C2)C3)cc1=O. The summed E-state index contributed by atoms with van der Waals surface area (Å²) in [4.78, 5) is 18.3. The van der Waals surface area contributed by atoms with E-state index in [1.165, 1.54) is 10.6 Å². The van der Waals surface area contributed by atoms with Crippen LogP contribution in [0.3, 0.4) is 0 Å². The third-order valence-corrected chi connectivity index (χ3v) is 8.03. The fraction of sp³-hybridized carbons (Fsp3) is 0.300. The summed E-state index contributed by atoms with van der Waals surface area (Å²) < 4.78 is 7.54. The molecule has 2 aromatic heterocycles. The Hall–Kier alpha value is -4.11. The number of ether oxygens (including phenoxy) is 1. The number of anilines is 3. The normalized spacial score (nSPS) is 20.9. The first-order valence-electron chi connectivity index (χ1n) is 13.0. The van der Waals surface area contributed by atoms with Crippen molar-refractivity contribution in [3.8, 4) is 5.75 Å². The van der Waals surface area contributed by atoms with Crippen molar-refractivity contribution in [3.05, 3.63) is 89.5 Å². The van der Waals surface area contributed by atoms with Crippen LogP contribution in [0.25, 0.3) is 10.8 Å². The van der Waals surface area contributed by atoms with Gasteiger partial charge in [0.2, 0.25) is 0 Å². The lowest BCUT2D eigenvalue weighted by molar-refractivity contribution is 0.0502. The third kappa shape index (κ3) is 5.40. The highest BCUT2D eigenvalue weighted by Crippen LogP contribution is 2.59. The average molecular weight is 543 g/mol. The van der Waals surface area contributed by atoms with Gasteiger partial charge in [-0.3, -0.25) is 4.79 Å². The van der Waals surface area contributed by atoms with Gasteiger partial charge in [0, 0.05) is 73.2 Å². The van der Waals surface area contributed by atoms with Crippen molar-refractivity contribution in [2.75, 3.05) is 43.1 Å². The van der Waals surface area contributed by atoms with Crippen molar-refractivity contribution in [1.29, 1.82) is 0 Å². The van der Waals surface area contributed by atoms with Gasteiger partial charge in [0.1, 0.15) is 11.6 Å². The molecule has 2 aromatic carbocycles. The number of hydrogen-bond donors (Lipinski definition) is 3. The molecule has 39 heavy (non-hydrogen) atoms. The summed E-state index contributed by atoms with van der Waals surface area (Å²) in [7, 11) is 3.64. The molecule has 3 aliphatic rings. The Morgan fingerprint density at radius 2 is 1.90 bits per heavy atom. The minimum atomic E-state index is -0.0694. The number of thiocarbonyl (C=S) groups is 1. The summed E-state index contributed by atoms with van der Waals surface area (Å²) in [5.74, 6) is 1.16. The molecule has 4 heterocycles. The van der Waals surface area contributed by atoms with Crippen LogP contribution in [-0.2, 0) is 7.05 Å². The minimum Gasteiger partial charge on any atom is -0.493 e. The number of hydrogen-bond acceptors (Lipinski definition) is 7. The number of rotatable bonds is 8. The molecular formula is C30H34N6O2S. The van der Waals surface area contributed by atoms with Gasteiger partial charge in [0.25, 0.3) is 5.56 Å². The standard InChI is InChI=1S/C23H25N5O2S.C7H9N/c1-27-8-6-16(9-20(27)29)30-14-22-10-23(11-22,28(13-22)15-31)12-26-19-4-2-3-18-17(19)5-7-25-21(18)24;1-8-7-5-3-2-4-6-7/h2-9,15,26H,10-14H2,1H3,(H2,24,25);2-6,8H,1H3. The van der Waals surface area contributed by atoms with Gasteiger partial charge in [0.15, 0.2) is 0 Å². The maximum atomic E-state index is 11.8. The fourth-order valence-electron chi connectivity index (χ4n) is 5.82. The number of nitrogens with two attached hydrogens (primary N) is 1. The van der Waals surface area contributed by atoms with E-state index in [-0.39, 0.29) is 16.5 Å². The number of nitrogens with zero attached hydrogens (tertiary/aromatic N) is 3. The molecule has 0 radical (unpaired) electrons. The lowest BCUT2D eigenvalue weighted by atomic mass is 9.62. The molecule has 0 atom stereocenters. The van der Waals surface area contributed by atoms with Gasteiger partial charge in [-0.1, -0.05) is 42.5 Å². The second-order valence-corrected chi connectivity index (χ2v) is 10.7. The van der Waals surface area contributed by atoms with Crippen LogP contribution in [0.15, 0.2) is 83.9 Å². The molecule has 7 rings (SSSR count). The number of benzene rings is 2. The quantitative estimate of drug-likeness (QED) is 0.280. The molecule has 3 fully saturated rings. The Morgan fingerprint density at radius 1 is 1.10 bits per heavy atom. The Morgan fingerprint density at radius 3 is 2.59 bits per heavy atom. The molecule has 8 nitrogen and oxygen atoms in total. The van der Waals surface area contributed by atoms with Gasteiger partial charge in [-0.2, -0.15) is 0 Å². The van der Waals surface area contributed by atoms with Crippen molar-refractivity contribution in [3.63, 3.8) is 0 Å². The van der Waals surface area contributed by atoms with E-state index in [1.807, 2.05) is 61.6 Å². The van der Waals surface area contributed by atoms with Gasteiger partial charge < -0.3 is 30.6 Å². The molecule has 2 bridgehead atoms. The number of nitrogen functional groups attached to an aromatic ring is 1. The summed E-state index contributed by atoms with van der Waals surface area (Å²) in [6.45, 7) is 2.24. The van der Waals surface area contributed by atoms with Gasteiger partial charge in [0.05, 0.1) is 17.6 Å². The largest absolute Gasteiger partial charge is 0.493 e. The van der Waals surface area contributed by atoms with Crippen molar-refractivity contribution in [1.82, 2.24) is 14.5 Å². The van der Waals surface area contributed by atoms with Crippen molar-refractivity contribution >= 4 is 45.7 Å². The van der Waals surface area contributed by atoms with Crippen LogP contribution in [0.2, 0.25) is 0 Å². The highest BCUT2D eigenvalue weighted by molar-refractivity contribution is 7.78. The zero-order chi connectivity index (χ0) is 27.5. The molecule has 4 aromatic rings. The second-order valence-electron chi connectivity index (χ2n) is 10.5. The Balaban J connectivity index is 0.000000332. The lowest BCUT2D eigenvalue weighted by Gasteiger charge is -2.47. The number of para-hydroxylation sites is 1. The van der Waals surface area contributed by atoms with Crippen LogP contribution >= 0.6 is 12.2 Å². The van der Waals surface area contributed by atoms with Gasteiger partial charge in [-0.15, -0.1) is 0 Å². The zero-order valence-electron chi connectivity index (χ0n) is 22.3.